The zero-order valence-electron chi connectivity index (χ0n) is 11.3. The van der Waals surface area contributed by atoms with Crippen molar-refractivity contribution in [3.8, 4) is 0 Å². The number of nitrogens with one attached hydrogen (secondary N) is 1. The maximum atomic E-state index is 12.6. The van der Waals surface area contributed by atoms with E-state index in [-0.39, 0.29) is 11.8 Å². The third-order valence-corrected chi connectivity index (χ3v) is 4.52. The van der Waals surface area contributed by atoms with Crippen LogP contribution in [-0.2, 0) is 22.6 Å². The summed E-state index contributed by atoms with van der Waals surface area (Å²) in [6.45, 7) is 1.05. The molecule has 1 saturated carbocycles. The van der Waals surface area contributed by atoms with Gasteiger partial charge in [0.2, 0.25) is 5.91 Å². The molecule has 6 heteroatoms. The Morgan fingerprint density at radius 3 is 2.85 bits per heavy atom. The lowest BCUT2D eigenvalue weighted by atomic mass is 9.89. The molecule has 1 fully saturated rings. The quantitative estimate of drug-likeness (QED) is 0.812. The number of carboxylic acids is 1. The molecule has 1 unspecified atom stereocenters. The van der Waals surface area contributed by atoms with Crippen molar-refractivity contribution >= 4 is 11.9 Å². The summed E-state index contributed by atoms with van der Waals surface area (Å²) in [7, 11) is 0. The molecule has 0 radical (unpaired) electrons. The van der Waals surface area contributed by atoms with E-state index in [1.165, 1.54) is 0 Å². The van der Waals surface area contributed by atoms with Crippen LogP contribution in [0.3, 0.4) is 0 Å². The van der Waals surface area contributed by atoms with E-state index in [0.29, 0.717) is 13.1 Å². The normalized spacial score (nSPS) is 20.7. The molecule has 20 heavy (non-hydrogen) atoms. The number of rotatable bonds is 3. The Hall–Kier alpha value is -1.85. The smallest absolute Gasteiger partial charge is 0.316 e. The van der Waals surface area contributed by atoms with Gasteiger partial charge in [-0.3, -0.25) is 14.7 Å². The molecular formula is C14H19N3O3. The molecule has 1 atom stereocenters. The van der Waals surface area contributed by atoms with Crippen LogP contribution in [0.4, 0.5) is 0 Å². The molecule has 1 aliphatic carbocycles. The third kappa shape index (κ3) is 2.30. The van der Waals surface area contributed by atoms with Crippen LogP contribution in [0.5, 0.6) is 0 Å². The van der Waals surface area contributed by atoms with Gasteiger partial charge in [-0.05, 0) is 18.8 Å². The molecule has 2 N–H and O–H groups in total. The maximum absolute atomic E-state index is 12.6. The average molecular weight is 277 g/mol. The summed E-state index contributed by atoms with van der Waals surface area (Å²) in [5, 5.41) is 16.3. The number of aromatic nitrogens is 2. The average Bonchev–Trinajstić information content (AvgIpc) is 3.08. The van der Waals surface area contributed by atoms with Crippen LogP contribution >= 0.6 is 0 Å². The first-order chi connectivity index (χ1) is 9.66. The van der Waals surface area contributed by atoms with Crippen LogP contribution in [0.1, 0.15) is 36.9 Å². The summed E-state index contributed by atoms with van der Waals surface area (Å²) < 4.78 is 0. The van der Waals surface area contributed by atoms with Crippen LogP contribution in [0.2, 0.25) is 0 Å². The summed E-state index contributed by atoms with van der Waals surface area (Å²) in [5.41, 5.74) is 2.06. The predicted molar refractivity (Wildman–Crippen MR) is 70.8 cm³/mol. The Kier molecular flexibility index (Phi) is 3.46. The van der Waals surface area contributed by atoms with E-state index < -0.39 is 11.9 Å². The molecule has 0 saturated heterocycles. The Morgan fingerprint density at radius 1 is 1.40 bits per heavy atom. The van der Waals surface area contributed by atoms with Crippen molar-refractivity contribution in [2.75, 3.05) is 6.54 Å². The lowest BCUT2D eigenvalue weighted by Gasteiger charge is -2.30. The number of aliphatic carboxylic acids is 1. The fourth-order valence-corrected chi connectivity index (χ4v) is 3.41. The second-order valence-corrected chi connectivity index (χ2v) is 5.74. The van der Waals surface area contributed by atoms with Crippen molar-refractivity contribution < 1.29 is 14.7 Å². The number of hydrogen-bond donors (Lipinski definition) is 2. The van der Waals surface area contributed by atoms with Crippen LogP contribution in [-0.4, -0.2) is 38.6 Å². The van der Waals surface area contributed by atoms with Crippen molar-refractivity contribution in [1.82, 2.24) is 15.1 Å². The number of amides is 1. The van der Waals surface area contributed by atoms with Crippen LogP contribution in [0.25, 0.3) is 0 Å². The lowest BCUT2D eigenvalue weighted by Crippen LogP contribution is -2.44. The summed E-state index contributed by atoms with van der Waals surface area (Å²) >= 11 is 0. The minimum atomic E-state index is -0.972. The number of H-pyrrole nitrogens is 1. The van der Waals surface area contributed by atoms with Gasteiger partial charge in [0.05, 0.1) is 6.20 Å². The standard InChI is InChI=1S/C14H19N3O3/c18-13(12(14(19)20)9-3-1-2-4-9)17-6-5-11-10(8-17)7-15-16-11/h7,9,12H,1-6,8H2,(H,15,16)(H,19,20). The minimum Gasteiger partial charge on any atom is -0.481 e. The van der Waals surface area contributed by atoms with E-state index in [4.69, 9.17) is 0 Å². The van der Waals surface area contributed by atoms with E-state index in [1.54, 1.807) is 11.1 Å². The highest BCUT2D eigenvalue weighted by atomic mass is 16.4. The van der Waals surface area contributed by atoms with E-state index >= 15 is 0 Å². The van der Waals surface area contributed by atoms with Gasteiger partial charge in [0.25, 0.3) is 0 Å². The first-order valence-corrected chi connectivity index (χ1v) is 7.19. The number of fused-ring (bicyclic) bond motifs is 1. The molecule has 1 aliphatic heterocycles. The molecule has 0 spiro atoms. The monoisotopic (exact) mass is 277 g/mol. The predicted octanol–water partition coefficient (Wildman–Crippen LogP) is 1.19. The highest BCUT2D eigenvalue weighted by Gasteiger charge is 2.39. The summed E-state index contributed by atoms with van der Waals surface area (Å²) in [4.78, 5) is 25.7. The number of carbonyl (C=O) groups is 2. The molecule has 0 bridgehead atoms. The van der Waals surface area contributed by atoms with E-state index in [0.717, 1.165) is 43.4 Å². The largest absolute Gasteiger partial charge is 0.481 e. The topological polar surface area (TPSA) is 86.3 Å². The second kappa shape index (κ2) is 5.26. The fraction of sp³-hybridized carbons (Fsp3) is 0.643. The molecule has 2 heterocycles. The molecule has 108 valence electrons. The van der Waals surface area contributed by atoms with Crippen LogP contribution in [0.15, 0.2) is 6.20 Å². The van der Waals surface area contributed by atoms with Gasteiger partial charge in [-0.2, -0.15) is 5.10 Å². The van der Waals surface area contributed by atoms with Crippen molar-refractivity contribution in [1.29, 1.82) is 0 Å². The molecule has 6 nitrogen and oxygen atoms in total. The molecule has 0 aromatic carbocycles. The zero-order chi connectivity index (χ0) is 14.1. The van der Waals surface area contributed by atoms with E-state index in [9.17, 15) is 14.7 Å². The third-order valence-electron chi connectivity index (χ3n) is 4.52. The van der Waals surface area contributed by atoms with Crippen LogP contribution < -0.4 is 0 Å². The van der Waals surface area contributed by atoms with Gasteiger partial charge in [0.1, 0.15) is 5.92 Å². The summed E-state index contributed by atoms with van der Waals surface area (Å²) in [5.74, 6) is -2.06. The van der Waals surface area contributed by atoms with E-state index in [2.05, 4.69) is 10.2 Å². The van der Waals surface area contributed by atoms with Gasteiger partial charge in [0, 0.05) is 30.8 Å². The molecule has 1 aromatic rings. The summed E-state index contributed by atoms with van der Waals surface area (Å²) in [6.07, 6.45) is 6.22. The highest BCUT2D eigenvalue weighted by molar-refractivity contribution is 5.97. The first-order valence-electron chi connectivity index (χ1n) is 7.19. The van der Waals surface area contributed by atoms with Gasteiger partial charge in [-0.25, -0.2) is 0 Å². The number of carboxylic acid groups (broad SMARTS) is 1. The fourth-order valence-electron chi connectivity index (χ4n) is 3.41. The lowest BCUT2D eigenvalue weighted by molar-refractivity contribution is -0.154. The van der Waals surface area contributed by atoms with Crippen molar-refractivity contribution in [2.24, 2.45) is 11.8 Å². The SMILES string of the molecule is O=C(O)C(C(=O)N1CCc2[nH]ncc2C1)C1CCCC1. The Labute approximate surface area is 117 Å². The number of nitrogens with zero attached hydrogens (tertiary/aromatic N) is 2. The van der Waals surface area contributed by atoms with Gasteiger partial charge < -0.3 is 10.0 Å². The Balaban J connectivity index is 1.75. The first kappa shape index (κ1) is 13.1. The molecule has 2 aliphatic rings. The van der Waals surface area contributed by atoms with Crippen molar-refractivity contribution in [2.45, 2.75) is 38.6 Å². The van der Waals surface area contributed by atoms with Gasteiger partial charge in [0.15, 0.2) is 0 Å². The van der Waals surface area contributed by atoms with Crippen LogP contribution in [0, 0.1) is 11.8 Å². The Morgan fingerprint density at radius 2 is 2.15 bits per heavy atom. The molecule has 1 amide bonds. The minimum absolute atomic E-state index is 0.00532. The number of hydrogen-bond acceptors (Lipinski definition) is 3. The molecular weight excluding hydrogens is 258 g/mol. The number of aromatic amines is 1. The van der Waals surface area contributed by atoms with Gasteiger partial charge >= 0.3 is 5.97 Å². The van der Waals surface area contributed by atoms with Crippen molar-refractivity contribution in [3.63, 3.8) is 0 Å². The van der Waals surface area contributed by atoms with Crippen molar-refractivity contribution in [3.05, 3.63) is 17.5 Å². The number of carbonyl (C=O) groups excluding carboxylic acids is 1. The maximum Gasteiger partial charge on any atom is 0.316 e. The highest BCUT2D eigenvalue weighted by Crippen LogP contribution is 2.33. The molecule has 1 aromatic heterocycles. The zero-order valence-corrected chi connectivity index (χ0v) is 11.3. The second-order valence-electron chi connectivity index (χ2n) is 5.74. The Bertz CT molecular complexity index is 519. The van der Waals surface area contributed by atoms with E-state index in [1.807, 2.05) is 0 Å². The van der Waals surface area contributed by atoms with Gasteiger partial charge in [-0.15, -0.1) is 0 Å². The summed E-state index contributed by atoms with van der Waals surface area (Å²) in [6, 6.07) is 0. The molecule has 3 rings (SSSR count). The van der Waals surface area contributed by atoms with Gasteiger partial charge in [-0.1, -0.05) is 12.8 Å².